The number of amides is 1. The number of carbonyl (C=O) groups is 3. The van der Waals surface area contributed by atoms with E-state index in [1.54, 1.807) is 32.9 Å². The number of alkyl halides is 8. The summed E-state index contributed by atoms with van der Waals surface area (Å²) in [6.07, 6.45) is -8.91. The van der Waals surface area contributed by atoms with Gasteiger partial charge in [0.15, 0.2) is 5.78 Å². The standard InChI is InChI=1S/C25H25F4N3O3.C20H17F4N3O.ClH/c1-24(2,3)35-23(34)32-14-19(26)11-21(32)22(33)9-6-16-10-20(31-13-17(16)12-30)15-4-7-18(8-5-15)25(27,28)29;21-16-8-18(27-11-16)19(28)6-3-13-7-17(26-10-14(13)9-25)12-1-4-15(5-2-12)20(22,23)24;/h4-5,7-8,10,13,19,21H,6,9,11,14H2,1-3H3;1-2,4-5,7,10,16,18,27H,3,6,8,11H2;1H/t19-,21?;16-,18?;/m11./s1. The third kappa shape index (κ3) is 13.5. The zero-order valence-corrected chi connectivity index (χ0v) is 35.5. The van der Waals surface area contributed by atoms with Crippen molar-refractivity contribution in [3.05, 3.63) is 106 Å². The van der Waals surface area contributed by atoms with Crippen molar-refractivity contribution in [3.8, 4) is 34.7 Å². The van der Waals surface area contributed by atoms with E-state index in [9.17, 15) is 60.0 Å². The van der Waals surface area contributed by atoms with Gasteiger partial charge < -0.3 is 10.1 Å². The highest BCUT2D eigenvalue weighted by Gasteiger charge is 2.41. The van der Waals surface area contributed by atoms with Gasteiger partial charge in [0, 0.05) is 55.7 Å². The number of benzene rings is 2. The topological polar surface area (TPSA) is 149 Å². The summed E-state index contributed by atoms with van der Waals surface area (Å²) in [6.45, 7) is 4.94. The molecule has 10 nitrogen and oxygen atoms in total. The van der Waals surface area contributed by atoms with Crippen molar-refractivity contribution in [1.29, 1.82) is 10.5 Å². The van der Waals surface area contributed by atoms with Crippen LogP contribution < -0.4 is 5.32 Å². The van der Waals surface area contributed by atoms with Crippen LogP contribution in [0.25, 0.3) is 22.5 Å². The van der Waals surface area contributed by atoms with Crippen molar-refractivity contribution in [2.75, 3.05) is 13.1 Å². The minimum Gasteiger partial charge on any atom is -0.444 e. The summed E-state index contributed by atoms with van der Waals surface area (Å²) in [5.41, 5.74) is 0.873. The van der Waals surface area contributed by atoms with Crippen molar-refractivity contribution < 1.29 is 54.2 Å². The van der Waals surface area contributed by atoms with Gasteiger partial charge in [-0.15, -0.1) is 12.4 Å². The SMILES string of the molecule is CC(C)(C)OC(=O)N1C[C@H](F)CC1C(=O)CCc1cc(-c2ccc(C(F)(F)F)cc2)ncc1C#N.Cl.N#Cc1cnc(-c2ccc(C(F)(F)F)cc2)cc1CCC(=O)C1C[C@@H](F)CN1. The van der Waals surface area contributed by atoms with Gasteiger partial charge in [0.05, 0.1) is 52.3 Å². The highest BCUT2D eigenvalue weighted by atomic mass is 35.5. The van der Waals surface area contributed by atoms with Crippen molar-refractivity contribution in [3.63, 3.8) is 0 Å². The number of carbonyl (C=O) groups excluding carboxylic acids is 3. The quantitative estimate of drug-likeness (QED) is 0.154. The zero-order chi connectivity index (χ0) is 46.3. The first-order valence-corrected chi connectivity index (χ1v) is 19.8. The molecule has 19 heteroatoms. The fourth-order valence-corrected chi connectivity index (χ4v) is 6.99. The molecule has 2 aromatic carbocycles. The first kappa shape index (κ1) is 50.7. The predicted molar refractivity (Wildman–Crippen MR) is 220 cm³/mol. The van der Waals surface area contributed by atoms with E-state index in [2.05, 4.69) is 15.3 Å². The average Bonchev–Trinajstić information content (AvgIpc) is 3.86. The monoisotopic (exact) mass is 918 g/mol. The molecule has 0 spiro atoms. The molecule has 340 valence electrons. The Morgan fingerprint density at radius 1 is 0.734 bits per heavy atom. The molecule has 2 fully saturated rings. The fraction of sp³-hybridized carbons (Fsp3) is 0.400. The number of likely N-dealkylation sites (tertiary alicyclic amines) is 1. The van der Waals surface area contributed by atoms with Crippen LogP contribution in [-0.2, 0) is 39.5 Å². The van der Waals surface area contributed by atoms with Gasteiger partial charge in [-0.25, -0.2) is 13.6 Å². The molecule has 2 unspecified atom stereocenters. The summed E-state index contributed by atoms with van der Waals surface area (Å²) in [5, 5.41) is 21.5. The minimum absolute atomic E-state index is 0. The number of Topliss-reactive ketones (excluding diaryl/α,β-unsaturated/α-hetero) is 2. The van der Waals surface area contributed by atoms with Crippen molar-refractivity contribution in [1.82, 2.24) is 20.2 Å². The Labute approximate surface area is 370 Å². The molecule has 0 aliphatic carbocycles. The highest BCUT2D eigenvalue weighted by Crippen LogP contribution is 2.33. The van der Waals surface area contributed by atoms with Crippen LogP contribution in [0.5, 0.6) is 0 Å². The lowest BCUT2D eigenvalue weighted by molar-refractivity contribution is -0.138. The van der Waals surface area contributed by atoms with Gasteiger partial charge in [-0.1, -0.05) is 24.3 Å². The second kappa shape index (κ2) is 21.1. The number of aryl methyl sites for hydroxylation is 2. The van der Waals surface area contributed by atoms with E-state index < -0.39 is 59.6 Å². The van der Waals surface area contributed by atoms with Gasteiger partial charge in [0.25, 0.3) is 0 Å². The van der Waals surface area contributed by atoms with Crippen LogP contribution in [-0.4, -0.2) is 75.6 Å². The van der Waals surface area contributed by atoms with E-state index in [0.717, 1.165) is 29.2 Å². The van der Waals surface area contributed by atoms with E-state index in [1.807, 2.05) is 12.1 Å². The number of ether oxygens (including phenoxy) is 1. The van der Waals surface area contributed by atoms with Crippen molar-refractivity contribution in [2.45, 2.75) is 102 Å². The average molecular weight is 919 g/mol. The molecular formula is C45H43ClF8N6O4. The summed E-state index contributed by atoms with van der Waals surface area (Å²) in [6, 6.07) is 14.7. The Kier molecular flexibility index (Phi) is 16.7. The molecule has 2 aromatic heterocycles. The maximum Gasteiger partial charge on any atom is 0.416 e. The molecule has 4 atom stereocenters. The Balaban J connectivity index is 0.000000283. The summed E-state index contributed by atoms with van der Waals surface area (Å²) in [7, 11) is 0. The van der Waals surface area contributed by atoms with E-state index in [-0.39, 0.29) is 81.2 Å². The van der Waals surface area contributed by atoms with E-state index in [1.165, 1.54) is 36.7 Å². The van der Waals surface area contributed by atoms with Gasteiger partial charge >= 0.3 is 18.4 Å². The van der Waals surface area contributed by atoms with Crippen LogP contribution >= 0.6 is 12.4 Å². The molecular weight excluding hydrogens is 876 g/mol. The Morgan fingerprint density at radius 3 is 1.58 bits per heavy atom. The largest absolute Gasteiger partial charge is 0.444 e. The Hall–Kier alpha value is -5.98. The van der Waals surface area contributed by atoms with Crippen LogP contribution in [0.4, 0.5) is 39.9 Å². The maximum absolute atomic E-state index is 14.1. The first-order chi connectivity index (χ1) is 29.6. The molecule has 1 N–H and O–H groups in total. The van der Waals surface area contributed by atoms with E-state index in [4.69, 9.17) is 4.74 Å². The van der Waals surface area contributed by atoms with Gasteiger partial charge in [-0.2, -0.15) is 36.9 Å². The molecule has 64 heavy (non-hydrogen) atoms. The number of hydrogen-bond donors (Lipinski definition) is 1. The van der Waals surface area contributed by atoms with Crippen molar-refractivity contribution >= 4 is 30.1 Å². The fourth-order valence-electron chi connectivity index (χ4n) is 6.99. The third-order valence-corrected chi connectivity index (χ3v) is 10.2. The molecule has 4 aromatic rings. The summed E-state index contributed by atoms with van der Waals surface area (Å²) in [5.74, 6) is -0.496. The van der Waals surface area contributed by atoms with Gasteiger partial charge in [-0.3, -0.25) is 24.5 Å². The number of nitrogens with zero attached hydrogens (tertiary/aromatic N) is 5. The van der Waals surface area contributed by atoms with Crippen LogP contribution in [0.1, 0.15) is 79.8 Å². The van der Waals surface area contributed by atoms with Crippen molar-refractivity contribution in [2.24, 2.45) is 0 Å². The summed E-state index contributed by atoms with van der Waals surface area (Å²) in [4.78, 5) is 47.0. The second-order valence-electron chi connectivity index (χ2n) is 16.0. The first-order valence-electron chi connectivity index (χ1n) is 19.8. The van der Waals surface area contributed by atoms with Gasteiger partial charge in [-0.05, 0) is 81.1 Å². The lowest BCUT2D eigenvalue weighted by Crippen LogP contribution is -2.43. The number of ketones is 2. The number of aromatic nitrogens is 2. The lowest BCUT2D eigenvalue weighted by Gasteiger charge is -2.27. The van der Waals surface area contributed by atoms with Crippen LogP contribution in [0.3, 0.4) is 0 Å². The molecule has 2 aliphatic rings. The molecule has 4 heterocycles. The molecule has 2 aliphatic heterocycles. The number of pyridine rings is 2. The molecule has 0 radical (unpaired) electrons. The zero-order valence-electron chi connectivity index (χ0n) is 34.7. The minimum atomic E-state index is -4.46. The summed E-state index contributed by atoms with van der Waals surface area (Å²) < 4.78 is 109. The third-order valence-electron chi connectivity index (χ3n) is 10.2. The normalized spacial score (nSPS) is 18.5. The van der Waals surface area contributed by atoms with Gasteiger partial charge in [0.2, 0.25) is 0 Å². The lowest BCUT2D eigenvalue weighted by atomic mass is 9.98. The van der Waals surface area contributed by atoms with Crippen LogP contribution in [0, 0.1) is 22.7 Å². The molecule has 2 saturated heterocycles. The van der Waals surface area contributed by atoms with Crippen LogP contribution in [0.2, 0.25) is 0 Å². The number of hydrogen-bond acceptors (Lipinski definition) is 9. The predicted octanol–water partition coefficient (Wildman–Crippen LogP) is 9.75. The number of nitriles is 2. The molecule has 6 rings (SSSR count). The van der Waals surface area contributed by atoms with E-state index in [0.29, 0.717) is 39.2 Å². The number of rotatable bonds is 10. The molecule has 0 bridgehead atoms. The maximum atomic E-state index is 14.1. The molecule has 1 amide bonds. The van der Waals surface area contributed by atoms with Gasteiger partial charge in [0.1, 0.15) is 35.9 Å². The Morgan fingerprint density at radius 2 is 1.19 bits per heavy atom. The Bertz CT molecular complexity index is 2380. The number of halogens is 9. The van der Waals surface area contributed by atoms with E-state index >= 15 is 0 Å². The smallest absolute Gasteiger partial charge is 0.416 e. The number of nitrogens with one attached hydrogen (secondary N) is 1. The molecule has 0 saturated carbocycles. The van der Waals surface area contributed by atoms with Crippen LogP contribution in [0.15, 0.2) is 73.1 Å². The highest BCUT2D eigenvalue weighted by molar-refractivity contribution is 5.88. The second-order valence-corrected chi connectivity index (χ2v) is 16.0. The summed E-state index contributed by atoms with van der Waals surface area (Å²) >= 11 is 0.